The zero-order valence-electron chi connectivity index (χ0n) is 3.51. The van der Waals surface area contributed by atoms with E-state index >= 15 is 0 Å². The Morgan fingerprint density at radius 2 is 2.57 bits per heavy atom. The third kappa shape index (κ3) is 4.76. The van der Waals surface area contributed by atoms with Crippen LogP contribution in [0.25, 0.3) is 0 Å². The van der Waals surface area contributed by atoms with Crippen molar-refractivity contribution in [3.8, 4) is 6.07 Å². The molecule has 0 fully saturated rings. The Hall–Kier alpha value is -1.24. The highest BCUT2D eigenvalue weighted by Crippen LogP contribution is 1.55. The summed E-state index contributed by atoms with van der Waals surface area (Å²) in [4.78, 5) is 9.50. The third-order valence-corrected chi connectivity index (χ3v) is 0.319. The second-order valence-electron chi connectivity index (χ2n) is 0.817. The van der Waals surface area contributed by atoms with Crippen LogP contribution in [0.2, 0.25) is 0 Å². The van der Waals surface area contributed by atoms with Crippen LogP contribution in [0.4, 0.5) is 4.79 Å². The summed E-state index contributed by atoms with van der Waals surface area (Å²) in [7, 11) is 0. The fraction of sp³-hybridized carbons (Fsp3) is 0.333. The molecule has 7 heavy (non-hydrogen) atoms. The summed E-state index contributed by atoms with van der Waals surface area (Å²) < 4.78 is 0. The summed E-state index contributed by atoms with van der Waals surface area (Å²) in [5, 5.41) is 17.4. The highest BCUT2D eigenvalue weighted by Gasteiger charge is 1.86. The lowest BCUT2D eigenvalue weighted by Gasteiger charge is -1.85. The van der Waals surface area contributed by atoms with Gasteiger partial charge in [-0.25, -0.2) is 4.79 Å². The van der Waals surface area contributed by atoms with Gasteiger partial charge >= 0.3 is 6.09 Å². The number of nitrogens with zero attached hydrogens (tertiary/aromatic N) is 1. The molecule has 0 aliphatic heterocycles. The van der Waals surface area contributed by atoms with Gasteiger partial charge < -0.3 is 10.4 Å². The van der Waals surface area contributed by atoms with Crippen molar-refractivity contribution in [2.24, 2.45) is 0 Å². The van der Waals surface area contributed by atoms with Gasteiger partial charge in [0.05, 0.1) is 6.07 Å². The Morgan fingerprint density at radius 3 is 2.71 bits per heavy atom. The van der Waals surface area contributed by atoms with Crippen molar-refractivity contribution in [1.82, 2.24) is 5.32 Å². The largest absolute Gasteiger partial charge is 0.465 e. The number of hydrogen-bond acceptors (Lipinski definition) is 2. The lowest BCUT2D eigenvalue weighted by atomic mass is 10.7. The Kier molecular flexibility index (Phi) is 2.44. The van der Waals surface area contributed by atoms with E-state index in [0.717, 1.165) is 0 Å². The molecule has 0 radical (unpaired) electrons. The van der Waals surface area contributed by atoms with Crippen LogP contribution in [0.3, 0.4) is 0 Å². The first-order chi connectivity index (χ1) is 3.27. The predicted molar refractivity (Wildman–Crippen MR) is 21.6 cm³/mol. The van der Waals surface area contributed by atoms with Crippen molar-refractivity contribution in [1.29, 1.82) is 5.26 Å². The molecular weight excluding hydrogens is 96.0 g/mol. The minimum atomic E-state index is -1.17. The molecule has 0 bridgehead atoms. The highest BCUT2D eigenvalue weighted by molar-refractivity contribution is 5.64. The molecular formula is C3H4N2O2. The summed E-state index contributed by atoms with van der Waals surface area (Å²) in [6, 6.07) is 1.61. The van der Waals surface area contributed by atoms with Crippen LogP contribution < -0.4 is 5.32 Å². The van der Waals surface area contributed by atoms with Gasteiger partial charge in [0.15, 0.2) is 0 Å². The molecule has 4 heteroatoms. The molecule has 0 atom stereocenters. The topological polar surface area (TPSA) is 73.1 Å². The number of rotatable bonds is 1. The van der Waals surface area contributed by atoms with Crippen molar-refractivity contribution < 1.29 is 9.90 Å². The first-order valence-corrected chi connectivity index (χ1v) is 1.61. The van der Waals surface area contributed by atoms with Crippen LogP contribution in [-0.4, -0.2) is 17.7 Å². The number of carbonyl (C=O) groups is 1. The summed E-state index contributed by atoms with van der Waals surface area (Å²) in [5.41, 5.74) is 0. The minimum Gasteiger partial charge on any atom is -0.465 e. The van der Waals surface area contributed by atoms with Gasteiger partial charge in [0.25, 0.3) is 0 Å². The van der Waals surface area contributed by atoms with Crippen LogP contribution in [-0.2, 0) is 0 Å². The first kappa shape index (κ1) is 5.76. The summed E-state index contributed by atoms with van der Waals surface area (Å²) in [5.74, 6) is 0. The monoisotopic (exact) mass is 100 g/mol. The molecule has 0 rings (SSSR count). The average molecular weight is 100 g/mol. The van der Waals surface area contributed by atoms with Crippen molar-refractivity contribution >= 4 is 6.09 Å². The molecule has 0 aromatic heterocycles. The Balaban J connectivity index is 3.02. The molecule has 2 N–H and O–H groups in total. The number of nitriles is 1. The molecule has 4 nitrogen and oxygen atoms in total. The number of carboxylic acid groups (broad SMARTS) is 1. The van der Waals surface area contributed by atoms with E-state index in [1.165, 1.54) is 0 Å². The van der Waals surface area contributed by atoms with Crippen LogP contribution in [0.5, 0.6) is 0 Å². The summed E-state index contributed by atoms with van der Waals surface area (Å²) >= 11 is 0. The predicted octanol–water partition coefficient (Wildman–Crippen LogP) is -0.222. The molecule has 0 saturated carbocycles. The van der Waals surface area contributed by atoms with E-state index in [1.54, 1.807) is 6.07 Å². The zero-order chi connectivity index (χ0) is 5.70. The van der Waals surface area contributed by atoms with Gasteiger partial charge in [-0.2, -0.15) is 5.26 Å². The van der Waals surface area contributed by atoms with Gasteiger partial charge in [0.2, 0.25) is 0 Å². The fourth-order valence-corrected chi connectivity index (χ4v) is 0.115. The van der Waals surface area contributed by atoms with Crippen molar-refractivity contribution in [3.05, 3.63) is 0 Å². The van der Waals surface area contributed by atoms with Gasteiger partial charge in [-0.15, -0.1) is 0 Å². The fourth-order valence-electron chi connectivity index (χ4n) is 0.115. The van der Waals surface area contributed by atoms with E-state index in [9.17, 15) is 4.79 Å². The molecule has 38 valence electrons. The molecule has 0 heterocycles. The lowest BCUT2D eigenvalue weighted by Crippen LogP contribution is -2.20. The van der Waals surface area contributed by atoms with E-state index in [-0.39, 0.29) is 6.54 Å². The average Bonchev–Trinajstić information content (AvgIpc) is 1.61. The zero-order valence-corrected chi connectivity index (χ0v) is 3.51. The summed E-state index contributed by atoms with van der Waals surface area (Å²) in [6.45, 7) is -0.144. The molecule has 0 aliphatic carbocycles. The smallest absolute Gasteiger partial charge is 0.405 e. The van der Waals surface area contributed by atoms with E-state index in [0.29, 0.717) is 0 Å². The second kappa shape index (κ2) is 2.97. The second-order valence-corrected chi connectivity index (χ2v) is 0.817. The molecule has 0 aliphatic rings. The SMILES string of the molecule is N#CCNC(=O)O. The number of nitrogens with one attached hydrogen (secondary N) is 1. The first-order valence-electron chi connectivity index (χ1n) is 1.61. The van der Waals surface area contributed by atoms with Crippen LogP contribution >= 0.6 is 0 Å². The third-order valence-electron chi connectivity index (χ3n) is 0.319. The summed E-state index contributed by atoms with van der Waals surface area (Å²) in [6.07, 6.45) is -1.17. The van der Waals surface area contributed by atoms with Crippen molar-refractivity contribution in [2.45, 2.75) is 0 Å². The van der Waals surface area contributed by atoms with Crippen molar-refractivity contribution in [3.63, 3.8) is 0 Å². The van der Waals surface area contributed by atoms with Gasteiger partial charge in [-0.1, -0.05) is 0 Å². The standard InChI is InChI=1S/C3H4N2O2/c4-1-2-5-3(6)7/h5H,2H2,(H,6,7). The molecule has 0 saturated heterocycles. The molecule has 0 aromatic rings. The van der Waals surface area contributed by atoms with Crippen LogP contribution in [0.15, 0.2) is 0 Å². The van der Waals surface area contributed by atoms with Gasteiger partial charge in [0, 0.05) is 0 Å². The van der Waals surface area contributed by atoms with E-state index in [2.05, 4.69) is 0 Å². The quantitative estimate of drug-likeness (QED) is 0.447. The van der Waals surface area contributed by atoms with E-state index in [1.807, 2.05) is 5.32 Å². The highest BCUT2D eigenvalue weighted by atomic mass is 16.4. The van der Waals surface area contributed by atoms with Gasteiger partial charge in [0.1, 0.15) is 6.54 Å². The van der Waals surface area contributed by atoms with Crippen LogP contribution in [0, 0.1) is 11.3 Å². The Labute approximate surface area is 40.4 Å². The Bertz CT molecular complexity index is 104. The Morgan fingerprint density at radius 1 is 2.00 bits per heavy atom. The van der Waals surface area contributed by atoms with Gasteiger partial charge in [-0.3, -0.25) is 0 Å². The van der Waals surface area contributed by atoms with Crippen LogP contribution in [0.1, 0.15) is 0 Å². The number of hydrogen-bond donors (Lipinski definition) is 2. The number of amides is 1. The minimum absolute atomic E-state index is 0.144. The molecule has 1 amide bonds. The molecule has 0 spiro atoms. The maximum atomic E-state index is 9.50. The lowest BCUT2D eigenvalue weighted by molar-refractivity contribution is 0.196. The maximum Gasteiger partial charge on any atom is 0.405 e. The van der Waals surface area contributed by atoms with E-state index in [4.69, 9.17) is 10.4 Å². The van der Waals surface area contributed by atoms with E-state index < -0.39 is 6.09 Å². The van der Waals surface area contributed by atoms with Crippen molar-refractivity contribution in [2.75, 3.05) is 6.54 Å². The molecule has 0 unspecified atom stereocenters. The normalized spacial score (nSPS) is 6.71. The molecule has 0 aromatic carbocycles. The maximum absolute atomic E-state index is 9.50. The van der Waals surface area contributed by atoms with Gasteiger partial charge in [-0.05, 0) is 0 Å².